The molecule has 7 heteroatoms. The van der Waals surface area contributed by atoms with Gasteiger partial charge in [0.15, 0.2) is 11.5 Å². The number of fused-ring (bicyclic) bond motifs is 1. The summed E-state index contributed by atoms with van der Waals surface area (Å²) in [5.41, 5.74) is 1.08. The maximum Gasteiger partial charge on any atom is 0.231 e. The Morgan fingerprint density at radius 2 is 1.88 bits per heavy atom. The molecule has 0 aromatic heterocycles. The van der Waals surface area contributed by atoms with Crippen molar-refractivity contribution in [1.29, 1.82) is 0 Å². The summed E-state index contributed by atoms with van der Waals surface area (Å²) < 4.78 is 10.6. The van der Waals surface area contributed by atoms with Crippen molar-refractivity contribution >= 4 is 40.9 Å². The van der Waals surface area contributed by atoms with Crippen molar-refractivity contribution < 1.29 is 14.3 Å². The minimum Gasteiger partial charge on any atom is -0.454 e. The van der Waals surface area contributed by atoms with Crippen LogP contribution in [-0.2, 0) is 11.2 Å². The van der Waals surface area contributed by atoms with Crippen LogP contribution in [0.3, 0.4) is 0 Å². The molecule has 1 N–H and O–H groups in total. The topological polar surface area (TPSA) is 47.6 Å². The molecule has 126 valence electrons. The Balaban J connectivity index is 1.44. The summed E-state index contributed by atoms with van der Waals surface area (Å²) in [7, 11) is 0. The van der Waals surface area contributed by atoms with Gasteiger partial charge in [-0.05, 0) is 36.2 Å². The van der Waals surface area contributed by atoms with Crippen LogP contribution in [0.4, 0.5) is 0 Å². The molecule has 0 aliphatic carbocycles. The standard InChI is InChI=1S/C17H15Cl2NO3S/c18-12-2-1-3-13(19)17(12)24-9-16(21)20-7-6-11-4-5-14-15(8-11)23-10-22-14/h1-5,8H,6-7,9-10H2,(H,20,21). The molecule has 3 rings (SSSR count). The van der Waals surface area contributed by atoms with E-state index in [9.17, 15) is 4.79 Å². The summed E-state index contributed by atoms with van der Waals surface area (Å²) in [6.07, 6.45) is 0.722. The van der Waals surface area contributed by atoms with E-state index in [-0.39, 0.29) is 18.5 Å². The first-order valence-electron chi connectivity index (χ1n) is 7.35. The number of carbonyl (C=O) groups is 1. The van der Waals surface area contributed by atoms with Gasteiger partial charge >= 0.3 is 0 Å². The highest BCUT2D eigenvalue weighted by atomic mass is 35.5. The number of halogens is 2. The van der Waals surface area contributed by atoms with E-state index in [2.05, 4.69) is 5.32 Å². The lowest BCUT2D eigenvalue weighted by atomic mass is 10.1. The number of hydrogen-bond donors (Lipinski definition) is 1. The van der Waals surface area contributed by atoms with Crippen LogP contribution in [0, 0.1) is 0 Å². The fraction of sp³-hybridized carbons (Fsp3) is 0.235. The van der Waals surface area contributed by atoms with Gasteiger partial charge in [-0.15, -0.1) is 11.8 Å². The Morgan fingerprint density at radius 1 is 1.12 bits per heavy atom. The summed E-state index contributed by atoms with van der Waals surface area (Å²) in [5, 5.41) is 4.00. The van der Waals surface area contributed by atoms with Crippen molar-refractivity contribution in [1.82, 2.24) is 5.32 Å². The third-order valence-corrected chi connectivity index (χ3v) is 5.43. The van der Waals surface area contributed by atoms with Gasteiger partial charge in [0.2, 0.25) is 12.7 Å². The van der Waals surface area contributed by atoms with Crippen LogP contribution in [0.25, 0.3) is 0 Å². The van der Waals surface area contributed by atoms with Crippen LogP contribution in [-0.4, -0.2) is 25.0 Å². The van der Waals surface area contributed by atoms with E-state index >= 15 is 0 Å². The number of benzene rings is 2. The average Bonchev–Trinajstić information content (AvgIpc) is 3.02. The number of amides is 1. The second-order valence-electron chi connectivity index (χ2n) is 5.13. The molecule has 0 saturated heterocycles. The summed E-state index contributed by atoms with van der Waals surface area (Å²) in [4.78, 5) is 12.7. The van der Waals surface area contributed by atoms with Gasteiger partial charge in [-0.2, -0.15) is 0 Å². The predicted octanol–water partition coefficient (Wildman–Crippen LogP) is 4.17. The Kier molecular flexibility index (Phi) is 5.76. The van der Waals surface area contributed by atoms with Gasteiger partial charge in [0.1, 0.15) is 0 Å². The predicted molar refractivity (Wildman–Crippen MR) is 96.5 cm³/mol. The summed E-state index contributed by atoms with van der Waals surface area (Å²) in [6, 6.07) is 11.1. The summed E-state index contributed by atoms with van der Waals surface area (Å²) in [6.45, 7) is 0.812. The van der Waals surface area contributed by atoms with Gasteiger partial charge in [-0.25, -0.2) is 0 Å². The first-order chi connectivity index (χ1) is 11.6. The number of rotatable bonds is 6. The molecule has 0 fully saturated rings. The van der Waals surface area contributed by atoms with Crippen LogP contribution in [0.2, 0.25) is 10.0 Å². The molecule has 1 heterocycles. The van der Waals surface area contributed by atoms with E-state index in [4.69, 9.17) is 32.7 Å². The highest BCUT2D eigenvalue weighted by molar-refractivity contribution is 8.00. The lowest BCUT2D eigenvalue weighted by Gasteiger charge is -2.08. The molecule has 1 amide bonds. The van der Waals surface area contributed by atoms with Crippen molar-refractivity contribution in [3.63, 3.8) is 0 Å². The number of nitrogens with one attached hydrogen (secondary N) is 1. The van der Waals surface area contributed by atoms with Crippen molar-refractivity contribution in [2.24, 2.45) is 0 Å². The SMILES string of the molecule is O=C(CSc1c(Cl)cccc1Cl)NCCc1ccc2c(c1)OCO2. The first kappa shape index (κ1) is 17.3. The molecule has 2 aromatic carbocycles. The lowest BCUT2D eigenvalue weighted by Crippen LogP contribution is -2.27. The minimum atomic E-state index is -0.0586. The average molecular weight is 384 g/mol. The molecule has 1 aliphatic heterocycles. The fourth-order valence-electron chi connectivity index (χ4n) is 2.25. The highest BCUT2D eigenvalue weighted by Gasteiger charge is 2.13. The fourth-order valence-corrected chi connectivity index (χ4v) is 3.77. The van der Waals surface area contributed by atoms with Crippen LogP contribution in [0.1, 0.15) is 5.56 Å². The van der Waals surface area contributed by atoms with Crippen LogP contribution < -0.4 is 14.8 Å². The maximum atomic E-state index is 12.0. The van der Waals surface area contributed by atoms with Crippen molar-refractivity contribution in [2.45, 2.75) is 11.3 Å². The zero-order valence-electron chi connectivity index (χ0n) is 12.7. The van der Waals surface area contributed by atoms with Gasteiger partial charge < -0.3 is 14.8 Å². The van der Waals surface area contributed by atoms with Crippen molar-refractivity contribution in [2.75, 3.05) is 19.1 Å². The number of ether oxygens (including phenoxy) is 2. The maximum absolute atomic E-state index is 12.0. The van der Waals surface area contributed by atoms with Crippen LogP contribution in [0.15, 0.2) is 41.3 Å². The molecule has 2 aromatic rings. The normalized spacial score (nSPS) is 12.2. The Hall–Kier alpha value is -1.56. The first-order valence-corrected chi connectivity index (χ1v) is 9.09. The molecule has 24 heavy (non-hydrogen) atoms. The Labute approximate surface area is 154 Å². The van der Waals surface area contributed by atoms with Crippen LogP contribution >= 0.6 is 35.0 Å². The van der Waals surface area contributed by atoms with Gasteiger partial charge in [-0.3, -0.25) is 4.79 Å². The second-order valence-corrected chi connectivity index (χ2v) is 6.93. The third kappa shape index (κ3) is 4.29. The van der Waals surface area contributed by atoms with Crippen molar-refractivity contribution in [3.05, 3.63) is 52.0 Å². The zero-order valence-corrected chi connectivity index (χ0v) is 15.0. The molecule has 4 nitrogen and oxygen atoms in total. The lowest BCUT2D eigenvalue weighted by molar-refractivity contribution is -0.118. The van der Waals surface area contributed by atoms with E-state index < -0.39 is 0 Å². The van der Waals surface area contributed by atoms with Crippen molar-refractivity contribution in [3.8, 4) is 11.5 Å². The molecule has 0 bridgehead atoms. The monoisotopic (exact) mass is 383 g/mol. The second kappa shape index (κ2) is 8.01. The van der Waals surface area contributed by atoms with Gasteiger partial charge in [0, 0.05) is 11.4 Å². The third-order valence-electron chi connectivity index (χ3n) is 3.44. The van der Waals surface area contributed by atoms with Gasteiger partial charge in [0.05, 0.1) is 15.8 Å². The Bertz CT molecular complexity index is 734. The molecule has 0 radical (unpaired) electrons. The number of carbonyl (C=O) groups excluding carboxylic acids is 1. The minimum absolute atomic E-state index is 0.0586. The Morgan fingerprint density at radius 3 is 2.67 bits per heavy atom. The molecule has 0 spiro atoms. The largest absolute Gasteiger partial charge is 0.454 e. The molecule has 0 atom stereocenters. The summed E-state index contributed by atoms with van der Waals surface area (Å²) in [5.74, 6) is 1.72. The molecular weight excluding hydrogens is 369 g/mol. The number of thioether (sulfide) groups is 1. The highest BCUT2D eigenvalue weighted by Crippen LogP contribution is 2.34. The van der Waals surface area contributed by atoms with E-state index in [0.29, 0.717) is 16.6 Å². The smallest absolute Gasteiger partial charge is 0.231 e. The molecule has 0 saturated carbocycles. The molecular formula is C17H15Cl2NO3S. The van der Waals surface area contributed by atoms with Gasteiger partial charge in [-0.1, -0.05) is 35.3 Å². The van der Waals surface area contributed by atoms with E-state index in [1.54, 1.807) is 18.2 Å². The quantitative estimate of drug-likeness (QED) is 0.760. The van der Waals surface area contributed by atoms with E-state index in [0.717, 1.165) is 28.4 Å². The van der Waals surface area contributed by atoms with E-state index in [1.165, 1.54) is 11.8 Å². The van der Waals surface area contributed by atoms with Crippen LogP contribution in [0.5, 0.6) is 11.5 Å². The van der Waals surface area contributed by atoms with Gasteiger partial charge in [0.25, 0.3) is 0 Å². The summed E-state index contributed by atoms with van der Waals surface area (Å²) >= 11 is 13.5. The van der Waals surface area contributed by atoms with E-state index in [1.807, 2.05) is 18.2 Å². The molecule has 0 unspecified atom stereocenters. The zero-order chi connectivity index (χ0) is 16.9. The number of hydrogen-bond acceptors (Lipinski definition) is 4. The molecule has 1 aliphatic rings.